The highest BCUT2D eigenvalue weighted by Gasteiger charge is 2.17. The maximum absolute atomic E-state index is 12.2. The van der Waals surface area contributed by atoms with Crippen molar-refractivity contribution >= 4 is 5.91 Å². The Kier molecular flexibility index (Phi) is 25.7. The summed E-state index contributed by atoms with van der Waals surface area (Å²) >= 11 is 0. The van der Waals surface area contributed by atoms with Crippen molar-refractivity contribution in [1.82, 2.24) is 5.32 Å². The molecule has 0 fully saturated rings. The highest BCUT2D eigenvalue weighted by molar-refractivity contribution is 5.76. The molecule has 0 aromatic carbocycles. The van der Waals surface area contributed by atoms with Crippen LogP contribution >= 0.6 is 0 Å². The summed E-state index contributed by atoms with van der Waals surface area (Å²) in [5.74, 6) is -0.0958. The normalized spacial score (nSPS) is 14.1. The molecule has 0 aliphatic heterocycles. The highest BCUT2D eigenvalue weighted by atomic mass is 16.3. The van der Waals surface area contributed by atoms with Gasteiger partial charge in [-0.05, 0) is 57.8 Å². The molecule has 0 saturated carbocycles. The fourth-order valence-electron chi connectivity index (χ4n) is 3.76. The number of amides is 1. The van der Waals surface area contributed by atoms with Crippen molar-refractivity contribution in [2.24, 2.45) is 0 Å². The van der Waals surface area contributed by atoms with E-state index in [1.165, 1.54) is 51.4 Å². The minimum absolute atomic E-state index is 0.0958. The molecule has 0 aliphatic rings. The first-order valence-corrected chi connectivity index (χ1v) is 14.4. The molecule has 0 spiro atoms. The second-order valence-electron chi connectivity index (χ2n) is 9.45. The molecule has 0 radical (unpaired) electrons. The molecule has 0 aliphatic carbocycles. The SMILES string of the molecule is CCC/C=C\C/C=C\CCCCCCCC(=O)NC(CO)C(O)/C=C/CC/C=C/CCCCCC. The first-order chi connectivity index (χ1) is 17.2. The number of allylic oxidation sites excluding steroid dienone is 7. The summed E-state index contributed by atoms with van der Waals surface area (Å²) in [5.41, 5.74) is 0. The smallest absolute Gasteiger partial charge is 0.220 e. The van der Waals surface area contributed by atoms with Crippen LogP contribution < -0.4 is 5.32 Å². The standard InChI is InChI=1S/C31H55NO3/c1-3-5-7-9-11-13-15-16-17-19-21-23-25-27-31(35)32-29(28-33)30(34)26-24-22-20-18-14-12-10-8-6-4-2/h7,9,13-15,18,24,26,29-30,33-34H,3-6,8,10-12,16-17,19-23,25,27-28H2,1-2H3,(H,32,35)/b9-7-,15-13-,18-14+,26-24+. The summed E-state index contributed by atoms with van der Waals surface area (Å²) in [4.78, 5) is 12.2. The minimum atomic E-state index is -0.864. The Morgan fingerprint density at radius 1 is 0.686 bits per heavy atom. The molecular weight excluding hydrogens is 434 g/mol. The molecule has 0 aromatic rings. The summed E-state index contributed by atoms with van der Waals surface area (Å²) in [6.45, 7) is 4.15. The van der Waals surface area contributed by atoms with Gasteiger partial charge in [-0.3, -0.25) is 4.79 Å². The van der Waals surface area contributed by atoms with Crippen molar-refractivity contribution in [3.8, 4) is 0 Å². The van der Waals surface area contributed by atoms with Crippen LogP contribution in [0.15, 0.2) is 48.6 Å². The fraction of sp³-hybridized carbons (Fsp3) is 0.710. The van der Waals surface area contributed by atoms with Gasteiger partial charge in [-0.25, -0.2) is 0 Å². The summed E-state index contributed by atoms with van der Waals surface area (Å²) in [6, 6.07) is -0.642. The minimum Gasteiger partial charge on any atom is -0.394 e. The maximum Gasteiger partial charge on any atom is 0.220 e. The lowest BCUT2D eigenvalue weighted by Gasteiger charge is -2.19. The lowest BCUT2D eigenvalue weighted by Crippen LogP contribution is -2.45. The van der Waals surface area contributed by atoms with Gasteiger partial charge in [0.25, 0.3) is 0 Å². The molecular formula is C31H55NO3. The van der Waals surface area contributed by atoms with Gasteiger partial charge < -0.3 is 15.5 Å². The third-order valence-corrected chi connectivity index (χ3v) is 6.02. The van der Waals surface area contributed by atoms with Gasteiger partial charge in [0.1, 0.15) is 0 Å². The molecule has 1 amide bonds. The molecule has 0 aromatic heterocycles. The topological polar surface area (TPSA) is 69.6 Å². The number of nitrogens with one attached hydrogen (secondary N) is 1. The number of hydrogen-bond donors (Lipinski definition) is 3. The van der Waals surface area contributed by atoms with Gasteiger partial charge in [0, 0.05) is 6.42 Å². The summed E-state index contributed by atoms with van der Waals surface area (Å²) in [5, 5.41) is 22.6. The van der Waals surface area contributed by atoms with Crippen molar-refractivity contribution in [2.75, 3.05) is 6.61 Å². The van der Waals surface area contributed by atoms with E-state index in [0.717, 1.165) is 51.4 Å². The van der Waals surface area contributed by atoms with E-state index in [-0.39, 0.29) is 12.5 Å². The maximum atomic E-state index is 12.2. The zero-order valence-electron chi connectivity index (χ0n) is 22.8. The van der Waals surface area contributed by atoms with Gasteiger partial charge in [-0.15, -0.1) is 0 Å². The third-order valence-electron chi connectivity index (χ3n) is 6.02. The fourth-order valence-corrected chi connectivity index (χ4v) is 3.76. The van der Waals surface area contributed by atoms with Crippen LogP contribution in [-0.2, 0) is 4.79 Å². The lowest BCUT2D eigenvalue weighted by atomic mass is 10.1. The average molecular weight is 490 g/mol. The Morgan fingerprint density at radius 3 is 1.94 bits per heavy atom. The molecule has 2 unspecified atom stereocenters. The highest BCUT2D eigenvalue weighted by Crippen LogP contribution is 2.09. The molecule has 202 valence electrons. The second kappa shape index (κ2) is 26.9. The number of aliphatic hydroxyl groups is 2. The van der Waals surface area contributed by atoms with Gasteiger partial charge in [-0.2, -0.15) is 0 Å². The number of rotatable bonds is 24. The second-order valence-corrected chi connectivity index (χ2v) is 9.45. The van der Waals surface area contributed by atoms with Crippen LogP contribution in [0.3, 0.4) is 0 Å². The summed E-state index contributed by atoms with van der Waals surface area (Å²) in [6.07, 6.45) is 34.6. The molecule has 35 heavy (non-hydrogen) atoms. The van der Waals surface area contributed by atoms with Crippen molar-refractivity contribution in [2.45, 2.75) is 135 Å². The van der Waals surface area contributed by atoms with Gasteiger partial charge in [0.05, 0.1) is 18.8 Å². The van der Waals surface area contributed by atoms with E-state index in [1.54, 1.807) is 6.08 Å². The van der Waals surface area contributed by atoms with Crippen LogP contribution in [0, 0.1) is 0 Å². The van der Waals surface area contributed by atoms with E-state index in [9.17, 15) is 15.0 Å². The third kappa shape index (κ3) is 23.8. The van der Waals surface area contributed by atoms with Crippen molar-refractivity contribution < 1.29 is 15.0 Å². The van der Waals surface area contributed by atoms with E-state index in [0.29, 0.717) is 6.42 Å². The molecule has 0 bridgehead atoms. The van der Waals surface area contributed by atoms with Crippen molar-refractivity contribution in [3.63, 3.8) is 0 Å². The van der Waals surface area contributed by atoms with Crippen LogP contribution in [0.5, 0.6) is 0 Å². The average Bonchev–Trinajstić information content (AvgIpc) is 2.86. The first kappa shape index (κ1) is 33.4. The molecule has 4 heteroatoms. The lowest BCUT2D eigenvalue weighted by molar-refractivity contribution is -0.123. The number of carbonyl (C=O) groups is 1. The van der Waals surface area contributed by atoms with E-state index >= 15 is 0 Å². The largest absolute Gasteiger partial charge is 0.394 e. The van der Waals surface area contributed by atoms with Gasteiger partial charge in [0.15, 0.2) is 0 Å². The van der Waals surface area contributed by atoms with Gasteiger partial charge in [-0.1, -0.05) is 107 Å². The van der Waals surface area contributed by atoms with Crippen LogP contribution in [0.4, 0.5) is 0 Å². The predicted octanol–water partition coefficient (Wildman–Crippen LogP) is 7.72. The Morgan fingerprint density at radius 2 is 1.26 bits per heavy atom. The van der Waals surface area contributed by atoms with Crippen LogP contribution in [0.2, 0.25) is 0 Å². The number of unbranched alkanes of at least 4 members (excludes halogenated alkanes) is 11. The van der Waals surface area contributed by atoms with Crippen molar-refractivity contribution in [1.29, 1.82) is 0 Å². The Bertz CT molecular complexity index is 580. The van der Waals surface area contributed by atoms with Crippen LogP contribution in [0.25, 0.3) is 0 Å². The molecule has 3 N–H and O–H groups in total. The molecule has 2 atom stereocenters. The van der Waals surface area contributed by atoms with Gasteiger partial charge >= 0.3 is 0 Å². The Labute approximate surface area is 216 Å². The predicted molar refractivity (Wildman–Crippen MR) is 151 cm³/mol. The van der Waals surface area contributed by atoms with E-state index in [4.69, 9.17) is 0 Å². The molecule has 0 heterocycles. The molecule has 0 saturated heterocycles. The summed E-state index contributed by atoms with van der Waals surface area (Å²) in [7, 11) is 0. The zero-order chi connectivity index (χ0) is 25.8. The van der Waals surface area contributed by atoms with Crippen molar-refractivity contribution in [3.05, 3.63) is 48.6 Å². The Hall–Kier alpha value is -1.65. The zero-order valence-corrected chi connectivity index (χ0v) is 22.8. The monoisotopic (exact) mass is 489 g/mol. The van der Waals surface area contributed by atoms with E-state index in [2.05, 4.69) is 55.6 Å². The molecule has 4 nitrogen and oxygen atoms in total. The summed E-state index contributed by atoms with van der Waals surface area (Å²) < 4.78 is 0. The number of carbonyl (C=O) groups excluding carboxylic acids is 1. The van der Waals surface area contributed by atoms with Crippen LogP contribution in [0.1, 0.15) is 123 Å². The Balaban J connectivity index is 3.80. The van der Waals surface area contributed by atoms with Gasteiger partial charge in [0.2, 0.25) is 5.91 Å². The number of aliphatic hydroxyl groups excluding tert-OH is 2. The van der Waals surface area contributed by atoms with Crippen LogP contribution in [-0.4, -0.2) is 34.9 Å². The van der Waals surface area contributed by atoms with E-state index in [1.807, 2.05) is 6.08 Å². The quantitative estimate of drug-likeness (QED) is 0.0960. The molecule has 0 rings (SSSR count). The number of hydrogen-bond acceptors (Lipinski definition) is 3. The first-order valence-electron chi connectivity index (χ1n) is 14.4. The van der Waals surface area contributed by atoms with E-state index < -0.39 is 12.1 Å².